The summed E-state index contributed by atoms with van der Waals surface area (Å²) in [4.78, 5) is 27.5. The van der Waals surface area contributed by atoms with Gasteiger partial charge in [-0.3, -0.25) is 9.59 Å². The number of carbonyl (C=O) groups excluding carboxylic acids is 2. The van der Waals surface area contributed by atoms with E-state index in [0.29, 0.717) is 60.5 Å². The van der Waals surface area contributed by atoms with Crippen molar-refractivity contribution < 1.29 is 9.59 Å². The summed E-state index contributed by atoms with van der Waals surface area (Å²) in [5.41, 5.74) is 20.9. The molecule has 0 aromatic heterocycles. The fraction of sp³-hybridized carbons (Fsp3) is 0.406. The summed E-state index contributed by atoms with van der Waals surface area (Å²) in [6, 6.07) is 7.58. The molecule has 0 aliphatic heterocycles. The van der Waals surface area contributed by atoms with Crippen molar-refractivity contribution >= 4 is 11.8 Å². The second-order valence-electron chi connectivity index (χ2n) is 11.1. The van der Waals surface area contributed by atoms with Crippen LogP contribution in [0.4, 0.5) is 0 Å². The molecule has 2 aliphatic carbocycles. The van der Waals surface area contributed by atoms with Crippen molar-refractivity contribution in [3.05, 3.63) is 95.4 Å². The first-order chi connectivity index (χ1) is 18.8. The minimum absolute atomic E-state index is 0.173. The SMILES string of the molecule is C=C(N)C(=C)/C=C\C1=CCCc2cc(C(N)=O)ccc2C1(CC(C)NCC(=C)N(CC#N)C1C(C)C1C)C(N)=O. The molecule has 0 radical (unpaired) electrons. The topological polar surface area (TPSA) is 151 Å². The number of allylic oxidation sites excluding steroid dienone is 3. The van der Waals surface area contributed by atoms with Gasteiger partial charge in [-0.1, -0.05) is 57.9 Å². The highest BCUT2D eigenvalue weighted by Gasteiger charge is 2.47. The lowest BCUT2D eigenvalue weighted by atomic mass is 9.68. The van der Waals surface area contributed by atoms with Crippen LogP contribution in [0.25, 0.3) is 0 Å². The molecule has 1 aromatic carbocycles. The molecule has 4 atom stereocenters. The summed E-state index contributed by atoms with van der Waals surface area (Å²) < 4.78 is 0. The zero-order chi connectivity index (χ0) is 29.8. The summed E-state index contributed by atoms with van der Waals surface area (Å²) in [7, 11) is 0. The maximum atomic E-state index is 13.5. The van der Waals surface area contributed by atoms with Gasteiger partial charge >= 0.3 is 0 Å². The van der Waals surface area contributed by atoms with Crippen LogP contribution in [-0.2, 0) is 16.6 Å². The van der Waals surface area contributed by atoms with Crippen LogP contribution in [0.2, 0.25) is 0 Å². The molecule has 40 heavy (non-hydrogen) atoms. The van der Waals surface area contributed by atoms with Gasteiger partial charge in [0.25, 0.3) is 0 Å². The molecule has 8 heteroatoms. The summed E-state index contributed by atoms with van der Waals surface area (Å²) in [5.74, 6) is -0.0216. The van der Waals surface area contributed by atoms with E-state index in [2.05, 4.69) is 49.9 Å². The minimum Gasteiger partial charge on any atom is -0.399 e. The molecule has 0 bridgehead atoms. The van der Waals surface area contributed by atoms with Crippen molar-refractivity contribution in [3.63, 3.8) is 0 Å². The Kier molecular flexibility index (Phi) is 9.44. The van der Waals surface area contributed by atoms with Crippen LogP contribution in [0.15, 0.2) is 78.7 Å². The smallest absolute Gasteiger partial charge is 0.248 e. The van der Waals surface area contributed by atoms with E-state index in [1.165, 1.54) is 0 Å². The molecule has 4 unspecified atom stereocenters. The maximum absolute atomic E-state index is 13.5. The summed E-state index contributed by atoms with van der Waals surface area (Å²) in [5, 5.41) is 12.9. The average Bonchev–Trinajstić information content (AvgIpc) is 3.54. The number of hydrogen-bond donors (Lipinski definition) is 4. The quantitative estimate of drug-likeness (QED) is 0.222. The van der Waals surface area contributed by atoms with Crippen LogP contribution in [0.5, 0.6) is 0 Å². The Labute approximate surface area is 238 Å². The number of benzene rings is 1. The van der Waals surface area contributed by atoms with Crippen LogP contribution in [0, 0.1) is 23.2 Å². The molecule has 8 nitrogen and oxygen atoms in total. The first kappa shape index (κ1) is 30.5. The molecule has 2 aliphatic rings. The van der Waals surface area contributed by atoms with E-state index in [0.717, 1.165) is 22.4 Å². The van der Waals surface area contributed by atoms with Crippen molar-refractivity contribution in [2.45, 2.75) is 57.5 Å². The van der Waals surface area contributed by atoms with E-state index in [9.17, 15) is 14.9 Å². The third-order valence-electron chi connectivity index (χ3n) is 8.46. The third-order valence-corrected chi connectivity index (χ3v) is 8.46. The molecule has 212 valence electrons. The van der Waals surface area contributed by atoms with Gasteiger partial charge in [-0.15, -0.1) is 0 Å². The van der Waals surface area contributed by atoms with Gasteiger partial charge in [-0.05, 0) is 72.4 Å². The van der Waals surface area contributed by atoms with Gasteiger partial charge in [-0.25, -0.2) is 0 Å². The number of carbonyl (C=O) groups is 2. The first-order valence-corrected chi connectivity index (χ1v) is 13.6. The van der Waals surface area contributed by atoms with Gasteiger partial charge in [0.2, 0.25) is 11.8 Å². The number of nitriles is 1. The number of amides is 2. The van der Waals surface area contributed by atoms with Gasteiger partial charge in [0, 0.05) is 35.6 Å². The summed E-state index contributed by atoms with van der Waals surface area (Å²) >= 11 is 0. The second-order valence-corrected chi connectivity index (χ2v) is 11.1. The van der Waals surface area contributed by atoms with Gasteiger partial charge in [0.05, 0.1) is 6.07 Å². The van der Waals surface area contributed by atoms with E-state index < -0.39 is 17.2 Å². The predicted octanol–water partition coefficient (Wildman–Crippen LogP) is 3.33. The standard InChI is InChI=1S/C32H42N6O2/c1-19(24(6)34)10-12-27-9-7-8-25-16-26(30(35)39)11-13-28(25)32(27,31(36)40)17-20(2)37-18-21(3)38(15-14-33)29-22(4)23(29)5/h9-13,16,20,22-23,29,37H,1,3,6-8,15,17-18,34H2,2,4-5H3,(H2,35,39)(H2,36,40)/b12-10-. The van der Waals surface area contributed by atoms with Gasteiger partial charge in [-0.2, -0.15) is 5.26 Å². The number of hydrogen-bond acceptors (Lipinski definition) is 6. The highest BCUT2D eigenvalue weighted by molar-refractivity contribution is 5.95. The summed E-state index contributed by atoms with van der Waals surface area (Å²) in [6.45, 7) is 19.1. The normalized spacial score (nSPS) is 24.1. The number of nitrogens with two attached hydrogens (primary N) is 3. The van der Waals surface area contributed by atoms with E-state index in [4.69, 9.17) is 17.2 Å². The zero-order valence-corrected chi connectivity index (χ0v) is 23.9. The minimum atomic E-state index is -1.20. The van der Waals surface area contributed by atoms with E-state index >= 15 is 0 Å². The highest BCUT2D eigenvalue weighted by atomic mass is 16.1. The lowest BCUT2D eigenvalue weighted by Gasteiger charge is -2.36. The number of aryl methyl sites for hydroxylation is 1. The maximum Gasteiger partial charge on any atom is 0.248 e. The fourth-order valence-corrected chi connectivity index (χ4v) is 5.83. The molecular formula is C32H42N6O2. The molecule has 1 saturated carbocycles. The highest BCUT2D eigenvalue weighted by Crippen LogP contribution is 2.44. The monoisotopic (exact) mass is 542 g/mol. The van der Waals surface area contributed by atoms with Gasteiger partial charge < -0.3 is 27.4 Å². The molecular weight excluding hydrogens is 500 g/mol. The zero-order valence-electron chi connectivity index (χ0n) is 23.9. The van der Waals surface area contributed by atoms with E-state index in [1.807, 2.05) is 19.1 Å². The molecule has 7 N–H and O–H groups in total. The Morgan fingerprint density at radius 3 is 2.45 bits per heavy atom. The van der Waals surface area contributed by atoms with E-state index in [1.54, 1.807) is 24.3 Å². The number of primary amides is 2. The molecule has 0 spiro atoms. The number of nitrogens with one attached hydrogen (secondary N) is 1. The van der Waals surface area contributed by atoms with Crippen molar-refractivity contribution in [3.8, 4) is 6.07 Å². The van der Waals surface area contributed by atoms with Gasteiger partial charge in [0.1, 0.15) is 12.0 Å². The van der Waals surface area contributed by atoms with Crippen molar-refractivity contribution in [2.75, 3.05) is 13.1 Å². The Morgan fingerprint density at radius 2 is 1.90 bits per heavy atom. The Balaban J connectivity index is 1.97. The van der Waals surface area contributed by atoms with E-state index in [-0.39, 0.29) is 12.6 Å². The number of fused-ring (bicyclic) bond motifs is 1. The third kappa shape index (κ3) is 6.21. The molecule has 0 heterocycles. The molecule has 3 rings (SSSR count). The van der Waals surface area contributed by atoms with Crippen molar-refractivity contribution in [1.29, 1.82) is 5.26 Å². The van der Waals surface area contributed by atoms with Crippen LogP contribution in [0.1, 0.15) is 55.1 Å². The predicted molar refractivity (Wildman–Crippen MR) is 160 cm³/mol. The number of rotatable bonds is 13. The van der Waals surface area contributed by atoms with Crippen LogP contribution >= 0.6 is 0 Å². The van der Waals surface area contributed by atoms with Crippen LogP contribution < -0.4 is 22.5 Å². The molecule has 1 aromatic rings. The lowest BCUT2D eigenvalue weighted by molar-refractivity contribution is -0.122. The Hall–Kier alpha value is -4.09. The van der Waals surface area contributed by atoms with Crippen LogP contribution in [0.3, 0.4) is 0 Å². The second kappa shape index (κ2) is 12.4. The Bertz CT molecular complexity index is 1310. The molecule has 1 fully saturated rings. The molecule has 2 amide bonds. The fourth-order valence-electron chi connectivity index (χ4n) is 5.83. The first-order valence-electron chi connectivity index (χ1n) is 13.6. The average molecular weight is 543 g/mol. The van der Waals surface area contributed by atoms with Crippen LogP contribution in [-0.4, -0.2) is 41.9 Å². The lowest BCUT2D eigenvalue weighted by Crippen LogP contribution is -2.48. The largest absolute Gasteiger partial charge is 0.399 e. The summed E-state index contributed by atoms with van der Waals surface area (Å²) in [6.07, 6.45) is 7.18. The Morgan fingerprint density at radius 1 is 1.23 bits per heavy atom. The van der Waals surface area contributed by atoms with Crippen molar-refractivity contribution in [2.24, 2.45) is 29.0 Å². The molecule has 0 saturated heterocycles. The number of nitrogens with zero attached hydrogens (tertiary/aromatic N) is 2. The van der Waals surface area contributed by atoms with Crippen molar-refractivity contribution in [1.82, 2.24) is 10.2 Å². The van der Waals surface area contributed by atoms with Gasteiger partial charge in [0.15, 0.2) is 0 Å².